The van der Waals surface area contributed by atoms with Gasteiger partial charge in [-0.15, -0.1) is 0 Å². The lowest BCUT2D eigenvalue weighted by atomic mass is 9.97. The number of hydrogen-bond donors (Lipinski definition) is 1. The van der Waals surface area contributed by atoms with Crippen LogP contribution in [0.2, 0.25) is 0 Å². The van der Waals surface area contributed by atoms with E-state index in [1.54, 1.807) is 19.2 Å². The first-order valence-electron chi connectivity index (χ1n) is 12.7. The van der Waals surface area contributed by atoms with Crippen LogP contribution in [0.3, 0.4) is 0 Å². The van der Waals surface area contributed by atoms with Crippen molar-refractivity contribution < 1.29 is 27.4 Å². The zero-order chi connectivity index (χ0) is 28.7. The summed E-state index contributed by atoms with van der Waals surface area (Å²) in [5, 5.41) is 3.07. The van der Waals surface area contributed by atoms with Crippen LogP contribution < -0.4 is 23.8 Å². The van der Waals surface area contributed by atoms with E-state index >= 15 is 0 Å². The summed E-state index contributed by atoms with van der Waals surface area (Å²) in [5.41, 5.74) is 3.09. The molecule has 0 spiro atoms. The molecule has 0 aliphatic heterocycles. The van der Waals surface area contributed by atoms with Crippen molar-refractivity contribution in [2.24, 2.45) is 5.92 Å². The molecule has 0 bridgehead atoms. The Labute approximate surface area is 231 Å². The number of ether oxygens (including phenoxy) is 3. The number of nitrogens with zero attached hydrogens (tertiary/aromatic N) is 1. The highest BCUT2D eigenvalue weighted by atomic mass is 32.2. The molecule has 1 amide bonds. The molecule has 3 rings (SSSR count). The van der Waals surface area contributed by atoms with Crippen molar-refractivity contribution >= 4 is 21.6 Å². The molecular formula is C30H38N2O6S. The van der Waals surface area contributed by atoms with Crippen molar-refractivity contribution in [3.8, 4) is 17.2 Å². The van der Waals surface area contributed by atoms with E-state index in [2.05, 4.69) is 19.2 Å². The fourth-order valence-corrected chi connectivity index (χ4v) is 5.89. The Balaban J connectivity index is 2.00. The van der Waals surface area contributed by atoms with E-state index in [1.807, 2.05) is 44.2 Å². The normalized spacial score (nSPS) is 12.1. The minimum atomic E-state index is -4.15. The summed E-state index contributed by atoms with van der Waals surface area (Å²) >= 11 is 0. The number of nitrogens with one attached hydrogen (secondary N) is 1. The largest absolute Gasteiger partial charge is 0.497 e. The molecule has 1 atom stereocenters. The molecule has 3 aromatic rings. The van der Waals surface area contributed by atoms with E-state index in [0.717, 1.165) is 26.7 Å². The number of methoxy groups -OCH3 is 3. The van der Waals surface area contributed by atoms with Gasteiger partial charge < -0.3 is 19.5 Å². The number of carbonyl (C=O) groups excluding carboxylic acids is 1. The first-order valence-corrected chi connectivity index (χ1v) is 14.2. The maximum atomic E-state index is 14.0. The third-order valence-corrected chi connectivity index (χ3v) is 8.05. The smallest absolute Gasteiger partial charge is 0.264 e. The molecule has 0 aliphatic rings. The summed E-state index contributed by atoms with van der Waals surface area (Å²) in [7, 11) is 0.370. The predicted octanol–water partition coefficient (Wildman–Crippen LogP) is 5.43. The number of anilines is 1. The lowest BCUT2D eigenvalue weighted by Gasteiger charge is -2.27. The molecule has 210 valence electrons. The van der Waals surface area contributed by atoms with E-state index < -0.39 is 22.5 Å². The van der Waals surface area contributed by atoms with Crippen LogP contribution in [0.4, 0.5) is 5.69 Å². The molecule has 0 saturated heterocycles. The van der Waals surface area contributed by atoms with Crippen LogP contribution >= 0.6 is 0 Å². The highest BCUT2D eigenvalue weighted by molar-refractivity contribution is 7.92. The number of carbonyl (C=O) groups is 1. The second-order valence-electron chi connectivity index (χ2n) is 9.90. The zero-order valence-corrected chi connectivity index (χ0v) is 24.5. The minimum Gasteiger partial charge on any atom is -0.497 e. The molecule has 0 aromatic heterocycles. The fourth-order valence-electron chi connectivity index (χ4n) is 4.47. The van der Waals surface area contributed by atoms with Crippen molar-refractivity contribution in [1.29, 1.82) is 0 Å². The van der Waals surface area contributed by atoms with Crippen LogP contribution in [0, 0.1) is 19.8 Å². The Hall–Kier alpha value is -3.72. The molecule has 0 radical (unpaired) electrons. The summed E-state index contributed by atoms with van der Waals surface area (Å²) in [6.07, 6.45) is 0.685. The number of rotatable bonds is 12. The van der Waals surface area contributed by atoms with Gasteiger partial charge in [0.2, 0.25) is 5.91 Å². The van der Waals surface area contributed by atoms with E-state index in [9.17, 15) is 13.2 Å². The van der Waals surface area contributed by atoms with Crippen LogP contribution in [-0.2, 0) is 14.8 Å². The average molecular weight is 555 g/mol. The van der Waals surface area contributed by atoms with Gasteiger partial charge in [0.25, 0.3) is 10.0 Å². The monoisotopic (exact) mass is 554 g/mol. The number of sulfonamides is 1. The second kappa shape index (κ2) is 12.9. The van der Waals surface area contributed by atoms with E-state index in [1.165, 1.54) is 32.4 Å². The summed E-state index contributed by atoms with van der Waals surface area (Å²) in [4.78, 5) is 13.5. The molecule has 0 unspecified atom stereocenters. The van der Waals surface area contributed by atoms with Gasteiger partial charge in [-0.2, -0.15) is 0 Å². The number of aryl methyl sites for hydroxylation is 2. The van der Waals surface area contributed by atoms with E-state index in [-0.39, 0.29) is 16.7 Å². The van der Waals surface area contributed by atoms with Gasteiger partial charge in [-0.05, 0) is 79.3 Å². The molecule has 0 saturated carbocycles. The summed E-state index contributed by atoms with van der Waals surface area (Å²) in [6, 6.07) is 17.1. The lowest BCUT2D eigenvalue weighted by Crippen LogP contribution is -2.42. The molecule has 3 aromatic carbocycles. The van der Waals surface area contributed by atoms with Crippen LogP contribution in [0.5, 0.6) is 17.2 Å². The summed E-state index contributed by atoms with van der Waals surface area (Å²) in [6.45, 7) is 7.53. The quantitative estimate of drug-likeness (QED) is 0.321. The Kier molecular flexibility index (Phi) is 9.86. The second-order valence-corrected chi connectivity index (χ2v) is 11.8. The molecular weight excluding hydrogens is 516 g/mol. The summed E-state index contributed by atoms with van der Waals surface area (Å²) in [5.74, 6) is 1.28. The third-order valence-electron chi connectivity index (χ3n) is 6.29. The highest BCUT2D eigenvalue weighted by Crippen LogP contribution is 2.33. The highest BCUT2D eigenvalue weighted by Gasteiger charge is 2.29. The molecule has 0 fully saturated rings. The zero-order valence-electron chi connectivity index (χ0n) is 23.6. The Bertz CT molecular complexity index is 1370. The van der Waals surface area contributed by atoms with Crippen molar-refractivity contribution in [3.05, 3.63) is 77.4 Å². The van der Waals surface area contributed by atoms with Crippen LogP contribution in [0.1, 0.15) is 43.0 Å². The van der Waals surface area contributed by atoms with Gasteiger partial charge in [0.15, 0.2) is 11.5 Å². The van der Waals surface area contributed by atoms with Gasteiger partial charge in [-0.3, -0.25) is 9.10 Å². The maximum absolute atomic E-state index is 14.0. The van der Waals surface area contributed by atoms with Gasteiger partial charge in [0.1, 0.15) is 12.3 Å². The van der Waals surface area contributed by atoms with Crippen LogP contribution in [0.25, 0.3) is 0 Å². The number of benzene rings is 3. The van der Waals surface area contributed by atoms with Crippen LogP contribution in [-0.4, -0.2) is 42.2 Å². The third kappa shape index (κ3) is 7.44. The number of amides is 1. The van der Waals surface area contributed by atoms with Crippen molar-refractivity contribution in [3.63, 3.8) is 0 Å². The van der Waals surface area contributed by atoms with Gasteiger partial charge >= 0.3 is 0 Å². The average Bonchev–Trinajstić information content (AvgIpc) is 2.90. The molecule has 1 N–H and O–H groups in total. The SMILES string of the molecule is COc1ccc([C@@H](CC(C)C)NC(=O)CN(c2cc(C)cc(C)c2)S(=O)(=O)c2ccc(OC)c(OC)c2)cc1. The Morgan fingerprint density at radius 1 is 0.846 bits per heavy atom. The van der Waals surface area contributed by atoms with Crippen molar-refractivity contribution in [1.82, 2.24) is 5.32 Å². The van der Waals surface area contributed by atoms with E-state index in [0.29, 0.717) is 23.8 Å². The standard InChI is InChI=1S/C30H38N2O6S/c1-20(2)14-27(23-8-10-25(36-5)11-9-23)31-30(33)19-32(24-16-21(3)15-22(4)17-24)39(34,35)26-12-13-28(37-6)29(18-26)38-7/h8-13,15-18,20,27H,14,19H2,1-7H3,(H,31,33)/t27-/m1/s1. The molecule has 0 aliphatic carbocycles. The molecule has 39 heavy (non-hydrogen) atoms. The van der Waals surface area contributed by atoms with Crippen molar-refractivity contribution in [2.75, 3.05) is 32.2 Å². The first kappa shape index (κ1) is 29.8. The molecule has 9 heteroatoms. The van der Waals surface area contributed by atoms with E-state index in [4.69, 9.17) is 14.2 Å². The van der Waals surface area contributed by atoms with Gasteiger partial charge in [0.05, 0.1) is 38.0 Å². The predicted molar refractivity (Wildman–Crippen MR) is 153 cm³/mol. The van der Waals surface area contributed by atoms with Gasteiger partial charge in [0, 0.05) is 6.07 Å². The Morgan fingerprint density at radius 3 is 2.00 bits per heavy atom. The molecule has 8 nitrogen and oxygen atoms in total. The van der Waals surface area contributed by atoms with Gasteiger partial charge in [-0.1, -0.05) is 32.0 Å². The summed E-state index contributed by atoms with van der Waals surface area (Å²) < 4.78 is 45.0. The first-order chi connectivity index (χ1) is 18.5. The molecule has 0 heterocycles. The lowest BCUT2D eigenvalue weighted by molar-refractivity contribution is -0.120. The van der Waals surface area contributed by atoms with Crippen LogP contribution in [0.15, 0.2) is 65.6 Å². The minimum absolute atomic E-state index is 0.0130. The topological polar surface area (TPSA) is 94.2 Å². The number of hydrogen-bond acceptors (Lipinski definition) is 6. The van der Waals surface area contributed by atoms with Gasteiger partial charge in [-0.25, -0.2) is 8.42 Å². The Morgan fingerprint density at radius 2 is 1.46 bits per heavy atom. The maximum Gasteiger partial charge on any atom is 0.264 e. The fraction of sp³-hybridized carbons (Fsp3) is 0.367. The van der Waals surface area contributed by atoms with Crippen molar-refractivity contribution in [2.45, 2.75) is 45.1 Å².